The van der Waals surface area contributed by atoms with Crippen molar-refractivity contribution in [3.05, 3.63) is 59.2 Å². The van der Waals surface area contributed by atoms with Gasteiger partial charge in [-0.1, -0.05) is 12.1 Å². The maximum Gasteiger partial charge on any atom is 0.224 e. The highest BCUT2D eigenvalue weighted by Crippen LogP contribution is 2.16. The second-order valence-electron chi connectivity index (χ2n) is 5.73. The van der Waals surface area contributed by atoms with Crippen molar-refractivity contribution in [1.82, 2.24) is 0 Å². The van der Waals surface area contributed by atoms with E-state index < -0.39 is 0 Å². The van der Waals surface area contributed by atoms with E-state index in [1.807, 2.05) is 39.0 Å². The Kier molecular flexibility index (Phi) is 6.13. The summed E-state index contributed by atoms with van der Waals surface area (Å²) in [6, 6.07) is 12.8. The summed E-state index contributed by atoms with van der Waals surface area (Å²) in [5, 5.41) is 2.79. The lowest BCUT2D eigenvalue weighted by molar-refractivity contribution is -0.116. The van der Waals surface area contributed by atoms with Crippen LogP contribution in [0.25, 0.3) is 0 Å². The molecule has 0 radical (unpaired) electrons. The third kappa shape index (κ3) is 4.95. The first-order valence-corrected chi connectivity index (χ1v) is 8.12. The molecule has 0 fully saturated rings. The number of ketones is 1. The number of hydrogen-bond acceptors (Lipinski definition) is 3. The van der Waals surface area contributed by atoms with Crippen molar-refractivity contribution in [3.8, 4) is 5.75 Å². The number of amides is 1. The Bertz CT molecular complexity index is 720. The normalized spacial score (nSPS) is 10.3. The Morgan fingerprint density at radius 2 is 1.67 bits per heavy atom. The molecule has 0 saturated heterocycles. The number of Topliss-reactive ketones (excluding diaryl/α,β-unsaturated/α-hetero) is 1. The van der Waals surface area contributed by atoms with Crippen molar-refractivity contribution in [1.29, 1.82) is 0 Å². The molecule has 24 heavy (non-hydrogen) atoms. The second-order valence-corrected chi connectivity index (χ2v) is 5.73. The third-order valence-corrected chi connectivity index (χ3v) is 3.86. The van der Waals surface area contributed by atoms with Crippen molar-refractivity contribution in [3.63, 3.8) is 0 Å². The van der Waals surface area contributed by atoms with Gasteiger partial charge in [0.15, 0.2) is 5.78 Å². The number of anilines is 1. The maximum atomic E-state index is 12.2. The molecule has 0 unspecified atom stereocenters. The Labute approximate surface area is 142 Å². The van der Waals surface area contributed by atoms with Gasteiger partial charge >= 0.3 is 0 Å². The Morgan fingerprint density at radius 1 is 0.958 bits per heavy atom. The van der Waals surface area contributed by atoms with Gasteiger partial charge in [0.2, 0.25) is 5.91 Å². The fourth-order valence-corrected chi connectivity index (χ4v) is 2.31. The summed E-state index contributed by atoms with van der Waals surface area (Å²) in [6.45, 7) is 6.51. The molecule has 2 rings (SSSR count). The van der Waals surface area contributed by atoms with Gasteiger partial charge in [-0.2, -0.15) is 0 Å². The van der Waals surface area contributed by atoms with E-state index in [2.05, 4.69) is 5.32 Å². The predicted molar refractivity (Wildman–Crippen MR) is 95.7 cm³/mol. The lowest BCUT2D eigenvalue weighted by Crippen LogP contribution is -2.13. The van der Waals surface area contributed by atoms with Crippen LogP contribution in [0.15, 0.2) is 42.5 Å². The smallest absolute Gasteiger partial charge is 0.224 e. The van der Waals surface area contributed by atoms with Gasteiger partial charge in [-0.3, -0.25) is 9.59 Å². The van der Waals surface area contributed by atoms with Crippen LogP contribution in [0.1, 0.15) is 41.3 Å². The molecule has 0 atom stereocenters. The summed E-state index contributed by atoms with van der Waals surface area (Å²) < 4.78 is 5.35. The molecule has 0 aliphatic rings. The Hall–Kier alpha value is -2.62. The van der Waals surface area contributed by atoms with Gasteiger partial charge in [-0.15, -0.1) is 0 Å². The average molecular weight is 325 g/mol. The van der Waals surface area contributed by atoms with Crippen LogP contribution in [-0.4, -0.2) is 18.3 Å². The van der Waals surface area contributed by atoms with Crippen molar-refractivity contribution in [2.45, 2.75) is 33.6 Å². The van der Waals surface area contributed by atoms with E-state index in [0.29, 0.717) is 17.9 Å². The van der Waals surface area contributed by atoms with Crippen LogP contribution in [0, 0.1) is 13.8 Å². The summed E-state index contributed by atoms with van der Waals surface area (Å²) in [5.74, 6) is 0.580. The number of benzene rings is 2. The van der Waals surface area contributed by atoms with Crippen molar-refractivity contribution in [2.24, 2.45) is 0 Å². The summed E-state index contributed by atoms with van der Waals surface area (Å²) in [6.07, 6.45) is 0.365. The molecule has 0 spiro atoms. The van der Waals surface area contributed by atoms with E-state index in [1.165, 1.54) is 0 Å². The molecule has 1 N–H and O–H groups in total. The van der Waals surface area contributed by atoms with Crippen LogP contribution in [0.3, 0.4) is 0 Å². The first-order chi connectivity index (χ1) is 11.5. The largest absolute Gasteiger partial charge is 0.494 e. The third-order valence-electron chi connectivity index (χ3n) is 3.86. The highest BCUT2D eigenvalue weighted by Gasteiger charge is 2.10. The van der Waals surface area contributed by atoms with Crippen LogP contribution in [-0.2, 0) is 4.79 Å². The fourth-order valence-electron chi connectivity index (χ4n) is 2.31. The lowest BCUT2D eigenvalue weighted by atomic mass is 10.0. The van der Waals surface area contributed by atoms with E-state index in [9.17, 15) is 9.59 Å². The molecule has 0 aliphatic carbocycles. The van der Waals surface area contributed by atoms with Gasteiger partial charge in [0, 0.05) is 24.1 Å². The molecule has 1 amide bonds. The highest BCUT2D eigenvalue weighted by atomic mass is 16.5. The van der Waals surface area contributed by atoms with Crippen LogP contribution in [0.5, 0.6) is 5.75 Å². The lowest BCUT2D eigenvalue weighted by Gasteiger charge is -2.07. The van der Waals surface area contributed by atoms with Crippen LogP contribution >= 0.6 is 0 Å². The minimum atomic E-state index is -0.170. The first-order valence-electron chi connectivity index (χ1n) is 8.12. The summed E-state index contributed by atoms with van der Waals surface area (Å²) in [7, 11) is 0. The molecular weight excluding hydrogens is 302 g/mol. The van der Waals surface area contributed by atoms with E-state index in [0.717, 1.165) is 16.9 Å². The van der Waals surface area contributed by atoms with Crippen LogP contribution < -0.4 is 10.1 Å². The molecule has 0 aliphatic heterocycles. The Morgan fingerprint density at radius 3 is 2.29 bits per heavy atom. The molecule has 0 heterocycles. The zero-order chi connectivity index (χ0) is 17.5. The molecule has 126 valence electrons. The van der Waals surface area contributed by atoms with Gasteiger partial charge in [0.05, 0.1) is 6.61 Å². The van der Waals surface area contributed by atoms with Crippen LogP contribution in [0.2, 0.25) is 0 Å². The molecular formula is C20H23NO3. The number of rotatable bonds is 7. The first kappa shape index (κ1) is 17.7. The van der Waals surface area contributed by atoms with Gasteiger partial charge in [-0.05, 0) is 62.2 Å². The SMILES string of the molecule is CCOc1ccc(NC(=O)CCC(=O)c2ccc(C)c(C)c2)cc1. The monoisotopic (exact) mass is 325 g/mol. The molecule has 2 aromatic carbocycles. The number of carbonyl (C=O) groups is 2. The fraction of sp³-hybridized carbons (Fsp3) is 0.300. The number of hydrogen-bond donors (Lipinski definition) is 1. The molecule has 4 heteroatoms. The van der Waals surface area contributed by atoms with E-state index >= 15 is 0 Å². The van der Waals surface area contributed by atoms with Gasteiger partial charge < -0.3 is 10.1 Å². The minimum absolute atomic E-state index is 0.0139. The summed E-state index contributed by atoms with van der Waals surface area (Å²) in [4.78, 5) is 24.2. The highest BCUT2D eigenvalue weighted by molar-refractivity contribution is 6.00. The van der Waals surface area contributed by atoms with Crippen molar-refractivity contribution in [2.75, 3.05) is 11.9 Å². The van der Waals surface area contributed by atoms with E-state index in [1.54, 1.807) is 24.3 Å². The van der Waals surface area contributed by atoms with Crippen LogP contribution in [0.4, 0.5) is 5.69 Å². The minimum Gasteiger partial charge on any atom is -0.494 e. The zero-order valence-electron chi connectivity index (χ0n) is 14.4. The van der Waals surface area contributed by atoms with E-state index in [-0.39, 0.29) is 24.5 Å². The number of carbonyl (C=O) groups excluding carboxylic acids is 2. The van der Waals surface area contributed by atoms with Crippen molar-refractivity contribution >= 4 is 17.4 Å². The zero-order valence-corrected chi connectivity index (χ0v) is 14.4. The summed E-state index contributed by atoms with van der Waals surface area (Å²) in [5.41, 5.74) is 3.59. The van der Waals surface area contributed by atoms with Gasteiger partial charge in [0.25, 0.3) is 0 Å². The second kappa shape index (κ2) is 8.29. The van der Waals surface area contributed by atoms with Gasteiger partial charge in [0.1, 0.15) is 5.75 Å². The number of aryl methyl sites for hydroxylation is 2. The standard InChI is InChI=1S/C20H23NO3/c1-4-24-18-9-7-17(8-10-18)21-20(23)12-11-19(22)16-6-5-14(2)15(3)13-16/h5-10,13H,4,11-12H2,1-3H3,(H,21,23). The van der Waals surface area contributed by atoms with Gasteiger partial charge in [-0.25, -0.2) is 0 Å². The summed E-state index contributed by atoms with van der Waals surface area (Å²) >= 11 is 0. The molecule has 0 aromatic heterocycles. The molecule has 0 saturated carbocycles. The topological polar surface area (TPSA) is 55.4 Å². The molecule has 2 aromatic rings. The number of nitrogens with one attached hydrogen (secondary N) is 1. The maximum absolute atomic E-state index is 12.2. The number of ether oxygens (including phenoxy) is 1. The quantitative estimate of drug-likeness (QED) is 0.772. The molecule has 0 bridgehead atoms. The molecule has 4 nitrogen and oxygen atoms in total. The average Bonchev–Trinajstić information content (AvgIpc) is 2.57. The Balaban J connectivity index is 1.86. The van der Waals surface area contributed by atoms with E-state index in [4.69, 9.17) is 4.74 Å². The predicted octanol–water partition coefficient (Wildman–Crippen LogP) is 4.30. The van der Waals surface area contributed by atoms with Crippen molar-refractivity contribution < 1.29 is 14.3 Å².